The van der Waals surface area contributed by atoms with E-state index in [2.05, 4.69) is 76.2 Å². The van der Waals surface area contributed by atoms with Crippen molar-refractivity contribution in [2.75, 3.05) is 19.0 Å². The lowest BCUT2D eigenvalue weighted by Gasteiger charge is -2.19. The molecule has 0 saturated heterocycles. The number of nitrogens with zero attached hydrogens (tertiary/aromatic N) is 3. The van der Waals surface area contributed by atoms with Crippen LogP contribution in [-0.4, -0.2) is 36.3 Å². The number of nitrogens with one attached hydrogen (secondary N) is 1. The molecule has 8 heteroatoms. The minimum atomic E-state index is -1.15. The van der Waals surface area contributed by atoms with Crippen LogP contribution in [0.5, 0.6) is 0 Å². The van der Waals surface area contributed by atoms with Crippen LogP contribution in [0.15, 0.2) is 36.5 Å². The first-order valence-corrected chi connectivity index (χ1v) is 15.1. The van der Waals surface area contributed by atoms with E-state index in [0.717, 1.165) is 43.9 Å². The predicted octanol–water partition coefficient (Wildman–Crippen LogP) is 6.53. The molecule has 2 aromatic heterocycles. The van der Waals surface area contributed by atoms with Crippen LogP contribution in [0.4, 0.5) is 5.95 Å². The summed E-state index contributed by atoms with van der Waals surface area (Å²) in [7, 11) is 0.671. The normalized spacial score (nSPS) is 11.7. The molecule has 0 aliphatic rings. The molecule has 3 rings (SSSR count). The second-order valence-electron chi connectivity index (χ2n) is 8.48. The zero-order chi connectivity index (χ0) is 21.9. The predicted molar refractivity (Wildman–Crippen MR) is 137 cm³/mol. The first-order valence-electron chi connectivity index (χ1n) is 9.94. The first-order chi connectivity index (χ1) is 14.2. The van der Waals surface area contributed by atoms with E-state index in [-0.39, 0.29) is 0 Å². The molecular weight excluding hydrogens is 527 g/mol. The van der Waals surface area contributed by atoms with Gasteiger partial charge in [0.05, 0.1) is 15.0 Å². The van der Waals surface area contributed by atoms with Gasteiger partial charge in [0.15, 0.2) is 0 Å². The molecule has 0 amide bonds. The molecule has 0 aliphatic heterocycles. The van der Waals surface area contributed by atoms with E-state index in [1.807, 2.05) is 31.4 Å². The van der Waals surface area contributed by atoms with Crippen LogP contribution in [0, 0.1) is 10.5 Å². The van der Waals surface area contributed by atoms with Gasteiger partial charge in [0.25, 0.3) is 0 Å². The van der Waals surface area contributed by atoms with Gasteiger partial charge in [-0.05, 0) is 65.4 Å². The highest BCUT2D eigenvalue weighted by Crippen LogP contribution is 2.33. The van der Waals surface area contributed by atoms with Crippen molar-refractivity contribution in [1.29, 1.82) is 0 Å². The van der Waals surface area contributed by atoms with Crippen LogP contribution >= 0.6 is 34.2 Å². The molecule has 3 aromatic rings. The summed E-state index contributed by atoms with van der Waals surface area (Å²) in [6.07, 6.45) is 1.84. The maximum atomic E-state index is 6.32. The number of anilines is 1. The summed E-state index contributed by atoms with van der Waals surface area (Å²) >= 11 is 8.60. The topological polar surface area (TPSA) is 52.0 Å². The average Bonchev–Trinajstić information content (AvgIpc) is 3.10. The van der Waals surface area contributed by atoms with Crippen molar-refractivity contribution in [3.8, 4) is 22.6 Å². The molecule has 0 bridgehead atoms. The largest absolute Gasteiger partial charge is 0.361 e. The van der Waals surface area contributed by atoms with Gasteiger partial charge in [-0.15, -0.1) is 0 Å². The maximum Gasteiger partial charge on any atom is 0.223 e. The van der Waals surface area contributed by atoms with Crippen LogP contribution in [-0.2, 0) is 11.5 Å². The molecule has 30 heavy (non-hydrogen) atoms. The second-order valence-corrected chi connectivity index (χ2v) is 15.7. The summed E-state index contributed by atoms with van der Waals surface area (Å²) in [5, 5.41) is 3.75. The maximum absolute atomic E-state index is 6.32. The zero-order valence-electron chi connectivity index (χ0n) is 18.1. The summed E-state index contributed by atoms with van der Waals surface area (Å²) in [6, 6.07) is 11.3. The number of hydrogen-bond donors (Lipinski definition) is 1. The van der Waals surface area contributed by atoms with Gasteiger partial charge in [-0.1, -0.05) is 37.3 Å². The summed E-state index contributed by atoms with van der Waals surface area (Å²) in [5.41, 5.74) is 5.22. The monoisotopic (exact) mass is 554 g/mol. The highest BCUT2D eigenvalue weighted by atomic mass is 127. The van der Waals surface area contributed by atoms with E-state index in [1.54, 1.807) is 0 Å². The molecule has 160 valence electrons. The van der Waals surface area contributed by atoms with Crippen LogP contribution in [0.2, 0.25) is 30.7 Å². The van der Waals surface area contributed by atoms with Crippen molar-refractivity contribution < 1.29 is 4.74 Å². The third kappa shape index (κ3) is 5.63. The first kappa shape index (κ1) is 23.2. The fourth-order valence-electron chi connectivity index (χ4n) is 3.12. The highest BCUT2D eigenvalue weighted by Gasteiger charge is 2.18. The molecule has 1 N–H and O–H groups in total. The third-order valence-corrected chi connectivity index (χ3v) is 7.61. The van der Waals surface area contributed by atoms with Crippen molar-refractivity contribution >= 4 is 48.2 Å². The number of benzene rings is 1. The Kier molecular flexibility index (Phi) is 7.60. The zero-order valence-corrected chi connectivity index (χ0v) is 22.0. The Labute approximate surface area is 198 Å². The van der Waals surface area contributed by atoms with Gasteiger partial charge in [0.1, 0.15) is 12.4 Å². The fourth-order valence-corrected chi connectivity index (χ4v) is 4.59. The third-order valence-electron chi connectivity index (χ3n) is 4.88. The standard InChI is InChI=1S/C22H28ClIN4OSi/c1-15-6-7-16(23)12-17(15)19-8-9-20(21-18(24)13-26-22(25-2)27-21)28(19)14-29-10-11-30(3,4)5/h6-9,12-13H,10-11,14H2,1-5H3,(H,25,26,27). The summed E-state index contributed by atoms with van der Waals surface area (Å²) in [4.78, 5) is 9.03. The molecule has 0 saturated carbocycles. The molecule has 0 spiro atoms. The number of aryl methyl sites for hydroxylation is 1. The quantitative estimate of drug-likeness (QED) is 0.195. The van der Waals surface area contributed by atoms with Gasteiger partial charge >= 0.3 is 0 Å². The van der Waals surface area contributed by atoms with Crippen LogP contribution in [0.3, 0.4) is 0 Å². The van der Waals surface area contributed by atoms with E-state index in [4.69, 9.17) is 21.3 Å². The van der Waals surface area contributed by atoms with Crippen molar-refractivity contribution in [3.05, 3.63) is 50.7 Å². The Bertz CT molecular complexity index is 1030. The number of ether oxygens (including phenoxy) is 1. The van der Waals surface area contributed by atoms with E-state index in [1.165, 1.54) is 5.56 Å². The Morgan fingerprint density at radius 1 is 1.17 bits per heavy atom. The molecule has 0 fully saturated rings. The Hall–Kier alpha value is -1.42. The fraction of sp³-hybridized carbons (Fsp3) is 0.364. The van der Waals surface area contributed by atoms with Gasteiger partial charge in [-0.25, -0.2) is 9.97 Å². The van der Waals surface area contributed by atoms with E-state index in [9.17, 15) is 0 Å². The van der Waals surface area contributed by atoms with Crippen molar-refractivity contribution in [3.63, 3.8) is 0 Å². The van der Waals surface area contributed by atoms with Crippen LogP contribution in [0.1, 0.15) is 5.56 Å². The van der Waals surface area contributed by atoms with E-state index in [0.29, 0.717) is 12.7 Å². The summed E-state index contributed by atoms with van der Waals surface area (Å²) in [5.74, 6) is 0.596. The minimum absolute atomic E-state index is 0.461. The number of rotatable bonds is 8. The molecular formula is C22H28ClIN4OSi. The van der Waals surface area contributed by atoms with Gasteiger partial charge in [0.2, 0.25) is 5.95 Å². The van der Waals surface area contributed by atoms with Gasteiger partial charge < -0.3 is 14.6 Å². The number of hydrogen-bond acceptors (Lipinski definition) is 4. The lowest BCUT2D eigenvalue weighted by atomic mass is 10.1. The average molecular weight is 555 g/mol. The molecule has 2 heterocycles. The van der Waals surface area contributed by atoms with Crippen molar-refractivity contribution in [2.24, 2.45) is 0 Å². The Morgan fingerprint density at radius 3 is 2.60 bits per heavy atom. The molecule has 0 atom stereocenters. The summed E-state index contributed by atoms with van der Waals surface area (Å²) in [6.45, 7) is 10.4. The SMILES string of the molecule is CNc1ncc(I)c(-c2ccc(-c3cc(Cl)ccc3C)n2COCC[Si](C)(C)C)n1. The summed E-state index contributed by atoms with van der Waals surface area (Å²) < 4.78 is 9.32. The lowest BCUT2D eigenvalue weighted by Crippen LogP contribution is -2.22. The molecule has 1 aromatic carbocycles. The molecule has 0 aliphatic carbocycles. The van der Waals surface area contributed by atoms with Gasteiger partial charge in [-0.2, -0.15) is 0 Å². The Morgan fingerprint density at radius 2 is 1.90 bits per heavy atom. The smallest absolute Gasteiger partial charge is 0.223 e. The van der Waals surface area contributed by atoms with Crippen LogP contribution < -0.4 is 5.32 Å². The van der Waals surface area contributed by atoms with Crippen molar-refractivity contribution in [1.82, 2.24) is 14.5 Å². The van der Waals surface area contributed by atoms with E-state index >= 15 is 0 Å². The van der Waals surface area contributed by atoms with Gasteiger partial charge in [0, 0.05) is 38.5 Å². The van der Waals surface area contributed by atoms with E-state index < -0.39 is 8.07 Å². The number of aromatic nitrogens is 3. The molecule has 5 nitrogen and oxygen atoms in total. The van der Waals surface area contributed by atoms with Gasteiger partial charge in [-0.3, -0.25) is 0 Å². The second kappa shape index (κ2) is 9.80. The highest BCUT2D eigenvalue weighted by molar-refractivity contribution is 14.1. The lowest BCUT2D eigenvalue weighted by molar-refractivity contribution is 0.0895. The van der Waals surface area contributed by atoms with Crippen LogP contribution in [0.25, 0.3) is 22.6 Å². The molecule has 0 radical (unpaired) electrons. The number of halogens is 2. The Balaban J connectivity index is 2.05. The van der Waals surface area contributed by atoms with Crippen molar-refractivity contribution in [2.45, 2.75) is 39.3 Å². The minimum Gasteiger partial charge on any atom is -0.361 e. The molecule has 0 unspecified atom stereocenters.